The van der Waals surface area contributed by atoms with Crippen molar-refractivity contribution >= 4 is 23.1 Å². The molecule has 6 heteroatoms. The molecule has 1 N–H and O–H groups in total. The lowest BCUT2D eigenvalue weighted by Gasteiger charge is -2.32. The SMILES string of the molecule is CC(N=C(NC#N)N1CCC(=C2c3ccc(Cl)cc3CCc3cccnc32)CC1)c1ccccc1. The number of hydrogen-bond donors (Lipinski definition) is 1. The van der Waals surface area contributed by atoms with Crippen LogP contribution in [0, 0.1) is 11.5 Å². The first-order chi connectivity index (χ1) is 17.1. The topological polar surface area (TPSA) is 64.3 Å². The zero-order valence-electron chi connectivity index (χ0n) is 19.8. The Balaban J connectivity index is 1.46. The van der Waals surface area contributed by atoms with Crippen molar-refractivity contribution in [1.29, 1.82) is 5.26 Å². The molecule has 2 aliphatic rings. The third kappa shape index (κ3) is 4.94. The van der Waals surface area contributed by atoms with Gasteiger partial charge in [-0.2, -0.15) is 5.26 Å². The molecule has 0 radical (unpaired) electrons. The second-order valence-corrected chi connectivity index (χ2v) is 9.49. The second-order valence-electron chi connectivity index (χ2n) is 9.05. The van der Waals surface area contributed by atoms with E-state index >= 15 is 0 Å². The highest BCUT2D eigenvalue weighted by atomic mass is 35.5. The average molecular weight is 482 g/mol. The van der Waals surface area contributed by atoms with Crippen LogP contribution in [-0.2, 0) is 12.8 Å². The summed E-state index contributed by atoms with van der Waals surface area (Å²) in [6.45, 7) is 3.64. The number of fused-ring (bicyclic) bond motifs is 2. The number of halogens is 1. The predicted molar refractivity (Wildman–Crippen MR) is 141 cm³/mol. The molecule has 1 aliphatic heterocycles. The molecule has 0 amide bonds. The second kappa shape index (κ2) is 10.3. The summed E-state index contributed by atoms with van der Waals surface area (Å²) >= 11 is 6.36. The minimum atomic E-state index is -0.0404. The van der Waals surface area contributed by atoms with Crippen LogP contribution in [0.1, 0.15) is 53.8 Å². The fourth-order valence-corrected chi connectivity index (χ4v) is 5.30. The molecule has 1 atom stereocenters. The molecular formula is C29H28ClN5. The fraction of sp³-hybridized carbons (Fsp3) is 0.276. The largest absolute Gasteiger partial charge is 0.342 e. The number of aryl methyl sites for hydroxylation is 2. The monoisotopic (exact) mass is 481 g/mol. The Morgan fingerprint density at radius 2 is 1.80 bits per heavy atom. The van der Waals surface area contributed by atoms with E-state index in [2.05, 4.69) is 53.7 Å². The van der Waals surface area contributed by atoms with Gasteiger partial charge in [0.15, 0.2) is 6.19 Å². The van der Waals surface area contributed by atoms with Crippen molar-refractivity contribution in [3.05, 3.63) is 105 Å². The molecule has 2 heterocycles. The lowest BCUT2D eigenvalue weighted by atomic mass is 9.88. The number of nitrogens with zero attached hydrogens (tertiary/aromatic N) is 4. The van der Waals surface area contributed by atoms with Crippen LogP contribution in [0.5, 0.6) is 0 Å². The molecule has 0 saturated carbocycles. The lowest BCUT2D eigenvalue weighted by molar-refractivity contribution is 0.377. The Morgan fingerprint density at radius 1 is 1.03 bits per heavy atom. The average Bonchev–Trinajstić information content (AvgIpc) is 3.05. The van der Waals surface area contributed by atoms with E-state index in [9.17, 15) is 5.26 Å². The van der Waals surface area contributed by atoms with Crippen LogP contribution in [0.3, 0.4) is 0 Å². The highest BCUT2D eigenvalue weighted by molar-refractivity contribution is 6.30. The van der Waals surface area contributed by atoms with Gasteiger partial charge in [-0.15, -0.1) is 0 Å². The van der Waals surface area contributed by atoms with Crippen molar-refractivity contribution in [3.63, 3.8) is 0 Å². The summed E-state index contributed by atoms with van der Waals surface area (Å²) in [7, 11) is 0. The molecule has 0 spiro atoms. The van der Waals surface area contributed by atoms with Crippen LogP contribution in [-0.4, -0.2) is 28.9 Å². The maximum atomic E-state index is 9.38. The summed E-state index contributed by atoms with van der Waals surface area (Å²) in [6.07, 6.45) is 7.66. The number of nitrogens with one attached hydrogen (secondary N) is 1. The molecule has 2 aromatic carbocycles. The maximum absolute atomic E-state index is 9.38. The van der Waals surface area contributed by atoms with E-state index in [1.807, 2.05) is 36.5 Å². The van der Waals surface area contributed by atoms with E-state index in [0.29, 0.717) is 5.96 Å². The molecule has 1 fully saturated rings. The Kier molecular flexibility index (Phi) is 6.83. The van der Waals surface area contributed by atoms with Crippen molar-refractivity contribution in [3.8, 4) is 6.19 Å². The summed E-state index contributed by atoms with van der Waals surface area (Å²) in [5, 5.41) is 13.0. The molecule has 0 bridgehead atoms. The number of piperidine rings is 1. The first-order valence-electron chi connectivity index (χ1n) is 12.1. The van der Waals surface area contributed by atoms with Crippen molar-refractivity contribution in [2.24, 2.45) is 4.99 Å². The minimum absolute atomic E-state index is 0.0404. The number of likely N-dealkylation sites (tertiary alicyclic amines) is 1. The predicted octanol–water partition coefficient (Wildman–Crippen LogP) is 5.92. The Morgan fingerprint density at radius 3 is 2.57 bits per heavy atom. The van der Waals surface area contributed by atoms with Crippen molar-refractivity contribution in [1.82, 2.24) is 15.2 Å². The van der Waals surface area contributed by atoms with E-state index in [0.717, 1.165) is 55.1 Å². The number of rotatable bonds is 2. The molecule has 35 heavy (non-hydrogen) atoms. The number of aliphatic imine (C=N–C) groups is 1. The van der Waals surface area contributed by atoms with Gasteiger partial charge >= 0.3 is 0 Å². The van der Waals surface area contributed by atoms with Crippen LogP contribution in [0.4, 0.5) is 0 Å². The van der Waals surface area contributed by atoms with Crippen molar-refractivity contribution in [2.45, 2.75) is 38.6 Å². The fourth-order valence-electron chi connectivity index (χ4n) is 5.10. The normalized spacial score (nSPS) is 16.6. The molecule has 1 aliphatic carbocycles. The number of aromatic nitrogens is 1. The number of benzene rings is 2. The van der Waals surface area contributed by atoms with Crippen LogP contribution in [0.15, 0.2) is 77.4 Å². The smallest absolute Gasteiger partial charge is 0.207 e. The van der Waals surface area contributed by atoms with Gasteiger partial charge in [-0.25, -0.2) is 4.99 Å². The molecule has 5 rings (SSSR count). The zero-order valence-corrected chi connectivity index (χ0v) is 20.6. The van der Waals surface area contributed by atoms with Gasteiger partial charge in [-0.05, 0) is 73.1 Å². The molecule has 1 unspecified atom stereocenters. The summed E-state index contributed by atoms with van der Waals surface area (Å²) in [5.74, 6) is 0.638. The van der Waals surface area contributed by atoms with Crippen LogP contribution < -0.4 is 5.32 Å². The maximum Gasteiger partial charge on any atom is 0.207 e. The number of pyridine rings is 1. The van der Waals surface area contributed by atoms with Gasteiger partial charge in [0.25, 0.3) is 0 Å². The van der Waals surface area contributed by atoms with E-state index in [-0.39, 0.29) is 6.04 Å². The number of hydrogen-bond acceptors (Lipinski definition) is 3. The van der Waals surface area contributed by atoms with Gasteiger partial charge in [-0.1, -0.05) is 59.6 Å². The van der Waals surface area contributed by atoms with Gasteiger partial charge in [0.2, 0.25) is 5.96 Å². The van der Waals surface area contributed by atoms with Gasteiger partial charge in [-0.3, -0.25) is 10.3 Å². The molecule has 1 aromatic heterocycles. The van der Waals surface area contributed by atoms with Crippen LogP contribution >= 0.6 is 11.6 Å². The third-order valence-electron chi connectivity index (χ3n) is 6.91. The quantitative estimate of drug-likeness (QED) is 0.213. The van der Waals surface area contributed by atoms with E-state index < -0.39 is 0 Å². The van der Waals surface area contributed by atoms with Crippen LogP contribution in [0.2, 0.25) is 5.02 Å². The molecule has 176 valence electrons. The highest BCUT2D eigenvalue weighted by Gasteiger charge is 2.26. The molecular weight excluding hydrogens is 454 g/mol. The van der Waals surface area contributed by atoms with Crippen LogP contribution in [0.25, 0.3) is 5.57 Å². The molecule has 5 nitrogen and oxygen atoms in total. The Hall–Kier alpha value is -3.62. The molecule has 3 aromatic rings. The Bertz CT molecular complexity index is 1310. The highest BCUT2D eigenvalue weighted by Crippen LogP contribution is 2.38. The number of nitriles is 1. The van der Waals surface area contributed by atoms with Crippen molar-refractivity contribution in [2.75, 3.05) is 13.1 Å². The van der Waals surface area contributed by atoms with Crippen molar-refractivity contribution < 1.29 is 0 Å². The number of guanidine groups is 1. The standard InChI is InChI=1S/C29H28ClN5/c1-20(21-6-3-2-4-7-21)34-29(33-19-31)35-16-13-22(14-17-35)27-26-12-11-25(30)18-24(26)10-9-23-8-5-15-32-28(23)27/h2-8,11-12,15,18,20H,9-10,13-14,16-17H2,1H3,(H,33,34). The summed E-state index contributed by atoms with van der Waals surface area (Å²) < 4.78 is 0. The first kappa shape index (κ1) is 23.1. The van der Waals surface area contributed by atoms with E-state index in [1.54, 1.807) is 0 Å². The van der Waals surface area contributed by atoms with E-state index in [4.69, 9.17) is 21.6 Å². The lowest BCUT2D eigenvalue weighted by Crippen LogP contribution is -2.43. The minimum Gasteiger partial charge on any atom is -0.342 e. The van der Waals surface area contributed by atoms with Gasteiger partial charge in [0.1, 0.15) is 0 Å². The Labute approximate surface area is 211 Å². The third-order valence-corrected chi connectivity index (χ3v) is 7.15. The zero-order chi connectivity index (χ0) is 24.2. The summed E-state index contributed by atoms with van der Waals surface area (Å²) in [4.78, 5) is 11.9. The van der Waals surface area contributed by atoms with Gasteiger partial charge in [0, 0.05) is 29.9 Å². The van der Waals surface area contributed by atoms with Gasteiger partial charge in [0.05, 0.1) is 11.7 Å². The van der Waals surface area contributed by atoms with Gasteiger partial charge < -0.3 is 4.90 Å². The first-order valence-corrected chi connectivity index (χ1v) is 12.5. The van der Waals surface area contributed by atoms with E-state index in [1.165, 1.54) is 27.8 Å². The molecule has 1 saturated heterocycles. The summed E-state index contributed by atoms with van der Waals surface area (Å²) in [6, 6.07) is 20.6. The summed E-state index contributed by atoms with van der Waals surface area (Å²) in [5.41, 5.74) is 8.70.